The van der Waals surface area contributed by atoms with Crippen molar-refractivity contribution in [2.45, 2.75) is 50.7 Å². The van der Waals surface area contributed by atoms with Crippen molar-refractivity contribution >= 4 is 41.3 Å². The molecule has 5 rings (SSSR count). The van der Waals surface area contributed by atoms with E-state index in [9.17, 15) is 0 Å². The number of H-pyrrole nitrogens is 1. The molecular formula is C25H29IN2OSi. The normalized spacial score (nSPS) is 25.9. The number of benzene rings is 2. The van der Waals surface area contributed by atoms with Crippen LogP contribution in [0.25, 0.3) is 0 Å². The first-order chi connectivity index (χ1) is 14.4. The first-order valence-electron chi connectivity index (χ1n) is 10.9. The standard InChI is InChI=1S/C25H29IN2OSi/c1-25(2,3)30(18-10-6-4-7-11-18,19-12-8-5-9-13-19)29-17-14-20-21(15-17)24(20)22-16-23(26)28-27-22/h4-13,16-17,20-21,24H,14-15H2,1-3H3,(H,27,28)/t17?,20-,21+,24+. The van der Waals surface area contributed by atoms with Gasteiger partial charge in [-0.15, -0.1) is 0 Å². The van der Waals surface area contributed by atoms with Crippen LogP contribution in [0.3, 0.4) is 0 Å². The molecule has 0 bridgehead atoms. The topological polar surface area (TPSA) is 37.9 Å². The van der Waals surface area contributed by atoms with Gasteiger partial charge in [-0.3, -0.25) is 5.10 Å². The number of aromatic amines is 1. The van der Waals surface area contributed by atoms with Crippen molar-refractivity contribution in [3.63, 3.8) is 0 Å². The van der Waals surface area contributed by atoms with Gasteiger partial charge in [0.25, 0.3) is 8.32 Å². The lowest BCUT2D eigenvalue weighted by molar-refractivity contribution is 0.177. The van der Waals surface area contributed by atoms with Crippen LogP contribution in [0.5, 0.6) is 0 Å². The average molecular weight is 529 g/mol. The summed E-state index contributed by atoms with van der Waals surface area (Å²) in [4.78, 5) is 0. The van der Waals surface area contributed by atoms with Gasteiger partial charge in [0.1, 0.15) is 3.70 Å². The molecule has 2 saturated carbocycles. The van der Waals surface area contributed by atoms with E-state index >= 15 is 0 Å². The summed E-state index contributed by atoms with van der Waals surface area (Å²) in [6, 6.07) is 24.2. The number of hydrogen-bond acceptors (Lipinski definition) is 2. The minimum absolute atomic E-state index is 0.0430. The number of fused-ring (bicyclic) bond motifs is 1. The number of hydrogen-bond donors (Lipinski definition) is 1. The van der Waals surface area contributed by atoms with Crippen molar-refractivity contribution in [1.82, 2.24) is 10.2 Å². The fraction of sp³-hybridized carbons (Fsp3) is 0.400. The van der Waals surface area contributed by atoms with E-state index in [0.29, 0.717) is 12.0 Å². The minimum atomic E-state index is -2.44. The summed E-state index contributed by atoms with van der Waals surface area (Å²) < 4.78 is 8.40. The Bertz CT molecular complexity index is 963. The van der Waals surface area contributed by atoms with Gasteiger partial charge < -0.3 is 4.43 Å². The molecule has 1 N–H and O–H groups in total. The lowest BCUT2D eigenvalue weighted by atomic mass is 10.1. The molecule has 0 saturated heterocycles. The molecule has 2 aliphatic carbocycles. The van der Waals surface area contributed by atoms with Crippen LogP contribution in [0.1, 0.15) is 45.2 Å². The average Bonchev–Trinajstić information content (AvgIpc) is 3.05. The molecule has 0 spiro atoms. The zero-order valence-electron chi connectivity index (χ0n) is 17.8. The van der Waals surface area contributed by atoms with Crippen LogP contribution in [-0.2, 0) is 4.43 Å². The highest BCUT2D eigenvalue weighted by Crippen LogP contribution is 2.63. The van der Waals surface area contributed by atoms with E-state index in [1.165, 1.54) is 16.1 Å². The highest BCUT2D eigenvalue weighted by molar-refractivity contribution is 14.1. The second kappa shape index (κ2) is 7.60. The molecule has 3 aromatic rings. The highest BCUT2D eigenvalue weighted by atomic mass is 127. The second-order valence-corrected chi connectivity index (χ2v) is 15.2. The van der Waals surface area contributed by atoms with E-state index in [1.54, 1.807) is 0 Å². The van der Waals surface area contributed by atoms with Crippen molar-refractivity contribution in [2.24, 2.45) is 11.8 Å². The van der Waals surface area contributed by atoms with Crippen LogP contribution in [0.15, 0.2) is 66.7 Å². The van der Waals surface area contributed by atoms with E-state index in [1.807, 2.05) is 0 Å². The number of nitrogens with zero attached hydrogens (tertiary/aromatic N) is 1. The molecule has 30 heavy (non-hydrogen) atoms. The Morgan fingerprint density at radius 1 is 0.933 bits per heavy atom. The summed E-state index contributed by atoms with van der Waals surface area (Å²) in [5.74, 6) is 2.13. The van der Waals surface area contributed by atoms with Crippen LogP contribution in [0.2, 0.25) is 5.04 Å². The van der Waals surface area contributed by atoms with Gasteiger partial charge in [-0.05, 0) is 68.7 Å². The Morgan fingerprint density at radius 2 is 1.47 bits per heavy atom. The van der Waals surface area contributed by atoms with Crippen molar-refractivity contribution in [2.75, 3.05) is 0 Å². The summed E-state index contributed by atoms with van der Waals surface area (Å²) in [7, 11) is -2.44. The van der Waals surface area contributed by atoms with Crippen molar-refractivity contribution < 1.29 is 4.43 Å². The largest absolute Gasteiger partial charge is 0.404 e. The predicted molar refractivity (Wildman–Crippen MR) is 133 cm³/mol. The molecule has 0 radical (unpaired) electrons. The number of nitrogens with one attached hydrogen (secondary N) is 1. The maximum atomic E-state index is 7.34. The summed E-state index contributed by atoms with van der Waals surface area (Å²) in [6.07, 6.45) is 2.66. The highest BCUT2D eigenvalue weighted by Gasteiger charge is 2.60. The number of aromatic nitrogens is 2. The van der Waals surface area contributed by atoms with Gasteiger partial charge in [0, 0.05) is 17.7 Å². The zero-order valence-corrected chi connectivity index (χ0v) is 21.0. The van der Waals surface area contributed by atoms with Gasteiger partial charge in [0.15, 0.2) is 0 Å². The Morgan fingerprint density at radius 3 is 1.90 bits per heavy atom. The van der Waals surface area contributed by atoms with Gasteiger partial charge in [-0.25, -0.2) is 0 Å². The minimum Gasteiger partial charge on any atom is -0.404 e. The van der Waals surface area contributed by atoms with Crippen molar-refractivity contribution in [3.8, 4) is 0 Å². The summed E-state index contributed by atoms with van der Waals surface area (Å²) in [5, 5.41) is 10.4. The lowest BCUT2D eigenvalue weighted by Crippen LogP contribution is -2.67. The van der Waals surface area contributed by atoms with Gasteiger partial charge in [-0.1, -0.05) is 81.4 Å². The lowest BCUT2D eigenvalue weighted by Gasteiger charge is -2.45. The zero-order chi connectivity index (χ0) is 20.9. The van der Waals surface area contributed by atoms with Gasteiger partial charge in [-0.2, -0.15) is 5.10 Å². The quantitative estimate of drug-likeness (QED) is 0.371. The molecule has 5 heteroatoms. The third-order valence-electron chi connectivity index (χ3n) is 7.09. The number of rotatable bonds is 5. The molecule has 4 atom stereocenters. The van der Waals surface area contributed by atoms with E-state index in [0.717, 1.165) is 28.4 Å². The predicted octanol–water partition coefficient (Wildman–Crippen LogP) is 5.08. The van der Waals surface area contributed by atoms with Gasteiger partial charge in [0.2, 0.25) is 0 Å². The van der Waals surface area contributed by atoms with Crippen LogP contribution in [0.4, 0.5) is 0 Å². The summed E-state index contributed by atoms with van der Waals surface area (Å²) in [5.41, 5.74) is 1.32. The van der Waals surface area contributed by atoms with Crippen LogP contribution < -0.4 is 10.4 Å². The maximum Gasteiger partial charge on any atom is 0.261 e. The Labute approximate surface area is 193 Å². The molecule has 2 fully saturated rings. The SMILES string of the molecule is CC(C)(C)[Si](OC1C[C@@H]2[C@H](C1)[C@H]2c1cc(I)n[nH]1)(c1ccccc1)c1ccccc1. The fourth-order valence-electron chi connectivity index (χ4n) is 5.77. The first kappa shape index (κ1) is 20.5. The van der Waals surface area contributed by atoms with Crippen molar-refractivity contribution in [3.05, 3.63) is 76.1 Å². The first-order valence-corrected chi connectivity index (χ1v) is 13.9. The van der Waals surface area contributed by atoms with E-state index in [-0.39, 0.29) is 5.04 Å². The van der Waals surface area contributed by atoms with Gasteiger partial charge in [0.05, 0.1) is 0 Å². The molecule has 2 aromatic carbocycles. The molecule has 0 amide bonds. The third kappa shape index (κ3) is 3.39. The fourth-order valence-corrected chi connectivity index (χ4v) is 10.9. The molecule has 0 aliphatic heterocycles. The maximum absolute atomic E-state index is 7.34. The molecular weight excluding hydrogens is 499 g/mol. The molecule has 1 aromatic heterocycles. The van der Waals surface area contributed by atoms with E-state index in [2.05, 4.69) is 120 Å². The Balaban J connectivity index is 1.46. The van der Waals surface area contributed by atoms with Gasteiger partial charge >= 0.3 is 0 Å². The molecule has 3 nitrogen and oxygen atoms in total. The van der Waals surface area contributed by atoms with E-state index < -0.39 is 8.32 Å². The van der Waals surface area contributed by atoms with Crippen LogP contribution in [-0.4, -0.2) is 24.6 Å². The molecule has 2 aliphatic rings. The Hall–Kier alpha value is -1.44. The summed E-state index contributed by atoms with van der Waals surface area (Å²) in [6.45, 7) is 7.10. The second-order valence-electron chi connectivity index (χ2n) is 9.87. The van der Waals surface area contributed by atoms with Crippen LogP contribution >= 0.6 is 22.6 Å². The smallest absolute Gasteiger partial charge is 0.261 e. The monoisotopic (exact) mass is 528 g/mol. The van der Waals surface area contributed by atoms with Crippen molar-refractivity contribution in [1.29, 1.82) is 0 Å². The van der Waals surface area contributed by atoms with Crippen LogP contribution in [0, 0.1) is 15.5 Å². The van der Waals surface area contributed by atoms with E-state index in [4.69, 9.17) is 4.43 Å². The third-order valence-corrected chi connectivity index (χ3v) is 12.7. The molecule has 156 valence electrons. The molecule has 1 heterocycles. The molecule has 1 unspecified atom stereocenters. The summed E-state index contributed by atoms with van der Waals surface area (Å²) >= 11 is 2.29. The Kier molecular flexibility index (Phi) is 5.19. The number of halogens is 1.